The number of rotatable bonds is 3. The van der Waals surface area contributed by atoms with Gasteiger partial charge in [-0.1, -0.05) is 12.1 Å². The molecule has 1 amide bonds. The maximum absolute atomic E-state index is 13.0. The number of carbonyl (C=O) groups excluding carboxylic acids is 1. The number of aryl methyl sites for hydroxylation is 1. The molecule has 1 aromatic carbocycles. The van der Waals surface area contributed by atoms with Gasteiger partial charge in [0, 0.05) is 25.2 Å². The molecule has 7 heteroatoms. The fourth-order valence-electron chi connectivity index (χ4n) is 3.89. The first kappa shape index (κ1) is 18.0. The number of nitrogens with one attached hydrogen (secondary N) is 2. The van der Waals surface area contributed by atoms with Crippen molar-refractivity contribution in [3.8, 4) is 6.07 Å². The summed E-state index contributed by atoms with van der Waals surface area (Å²) >= 11 is 0. The molecule has 1 fully saturated rings. The van der Waals surface area contributed by atoms with Crippen molar-refractivity contribution in [1.29, 1.82) is 5.26 Å². The van der Waals surface area contributed by atoms with E-state index in [4.69, 9.17) is 5.26 Å². The number of amides is 1. The van der Waals surface area contributed by atoms with Gasteiger partial charge in [-0.05, 0) is 43.9 Å². The van der Waals surface area contributed by atoms with E-state index in [-0.39, 0.29) is 11.5 Å². The number of aromatic nitrogens is 3. The Morgan fingerprint density at radius 3 is 2.96 bits per heavy atom. The summed E-state index contributed by atoms with van der Waals surface area (Å²) in [7, 11) is 0. The molecule has 28 heavy (non-hydrogen) atoms. The van der Waals surface area contributed by atoms with Gasteiger partial charge in [-0.15, -0.1) is 0 Å². The van der Waals surface area contributed by atoms with E-state index in [9.17, 15) is 9.59 Å². The average Bonchev–Trinajstić information content (AvgIpc) is 3.10. The van der Waals surface area contributed by atoms with Gasteiger partial charge in [-0.25, -0.2) is 4.98 Å². The van der Waals surface area contributed by atoms with E-state index >= 15 is 0 Å². The fourth-order valence-corrected chi connectivity index (χ4v) is 3.89. The van der Waals surface area contributed by atoms with Crippen LogP contribution in [0.15, 0.2) is 35.1 Å². The molecule has 0 unspecified atom stereocenters. The molecule has 3 heterocycles. The Morgan fingerprint density at radius 1 is 1.36 bits per heavy atom. The molecule has 1 aliphatic rings. The van der Waals surface area contributed by atoms with Gasteiger partial charge in [-0.2, -0.15) is 5.26 Å². The summed E-state index contributed by atoms with van der Waals surface area (Å²) in [6.07, 6.45) is 2.74. The molecule has 7 nitrogen and oxygen atoms in total. The largest absolute Gasteiger partial charge is 0.342 e. The van der Waals surface area contributed by atoms with Gasteiger partial charge in [0.25, 0.3) is 11.5 Å². The molecule has 0 aliphatic carbocycles. The molecule has 1 aliphatic heterocycles. The van der Waals surface area contributed by atoms with Gasteiger partial charge in [0.2, 0.25) is 0 Å². The molecule has 0 saturated carbocycles. The number of nitrogens with zero attached hydrogens (tertiary/aromatic N) is 3. The third-order valence-corrected chi connectivity index (χ3v) is 5.32. The van der Waals surface area contributed by atoms with Crippen molar-refractivity contribution < 1.29 is 4.79 Å². The Kier molecular flexibility index (Phi) is 4.70. The van der Waals surface area contributed by atoms with Crippen LogP contribution in [0.5, 0.6) is 0 Å². The standard InChI is InChI=1S/C21H21N5O2/c1-13-16(10-15(11-22)20(27)23-13)21(28)26-8-4-5-14(12-26)9-19-24-17-6-2-3-7-18(17)25-19/h2-3,6-7,10,14H,4-5,8-9,12H2,1H3,(H,23,27)(H,24,25)/t14-/m0/s1. The molecule has 2 aromatic heterocycles. The van der Waals surface area contributed by atoms with E-state index in [2.05, 4.69) is 15.0 Å². The summed E-state index contributed by atoms with van der Waals surface area (Å²) in [6.45, 7) is 3.00. The second kappa shape index (κ2) is 7.31. The highest BCUT2D eigenvalue weighted by Gasteiger charge is 2.27. The number of H-pyrrole nitrogens is 2. The zero-order valence-electron chi connectivity index (χ0n) is 15.7. The lowest BCUT2D eigenvalue weighted by Gasteiger charge is -2.32. The first-order valence-electron chi connectivity index (χ1n) is 9.42. The number of piperidine rings is 1. The second-order valence-corrected chi connectivity index (χ2v) is 7.33. The van der Waals surface area contributed by atoms with Crippen LogP contribution in [0.25, 0.3) is 11.0 Å². The van der Waals surface area contributed by atoms with Crippen LogP contribution >= 0.6 is 0 Å². The molecule has 1 saturated heterocycles. The van der Waals surface area contributed by atoms with Crippen LogP contribution in [-0.2, 0) is 6.42 Å². The predicted molar refractivity (Wildman–Crippen MR) is 105 cm³/mol. The normalized spacial score (nSPS) is 16.9. The van der Waals surface area contributed by atoms with Crippen LogP contribution in [-0.4, -0.2) is 38.8 Å². The number of fused-ring (bicyclic) bond motifs is 1. The molecular formula is C21H21N5O2. The maximum Gasteiger partial charge on any atom is 0.266 e. The summed E-state index contributed by atoms with van der Waals surface area (Å²) in [5.41, 5.74) is 2.36. The maximum atomic E-state index is 13.0. The lowest BCUT2D eigenvalue weighted by molar-refractivity contribution is 0.0671. The minimum absolute atomic E-state index is 0.0372. The van der Waals surface area contributed by atoms with Crippen molar-refractivity contribution in [2.24, 2.45) is 5.92 Å². The number of hydrogen-bond donors (Lipinski definition) is 2. The van der Waals surface area contributed by atoms with Crippen molar-refractivity contribution in [1.82, 2.24) is 19.9 Å². The second-order valence-electron chi connectivity index (χ2n) is 7.33. The van der Waals surface area contributed by atoms with E-state index in [0.29, 0.717) is 30.3 Å². The van der Waals surface area contributed by atoms with E-state index < -0.39 is 5.56 Å². The van der Waals surface area contributed by atoms with Crippen molar-refractivity contribution in [3.05, 3.63) is 63.3 Å². The highest BCUT2D eigenvalue weighted by molar-refractivity contribution is 5.95. The summed E-state index contributed by atoms with van der Waals surface area (Å²) in [6, 6.07) is 11.2. The fraction of sp³-hybridized carbons (Fsp3) is 0.333. The number of aromatic amines is 2. The van der Waals surface area contributed by atoms with Crippen LogP contribution < -0.4 is 5.56 Å². The minimum atomic E-state index is -0.460. The highest BCUT2D eigenvalue weighted by atomic mass is 16.2. The minimum Gasteiger partial charge on any atom is -0.342 e. The molecule has 4 rings (SSSR count). The predicted octanol–water partition coefficient (Wildman–Crippen LogP) is 2.53. The van der Waals surface area contributed by atoms with Gasteiger partial charge in [-0.3, -0.25) is 9.59 Å². The van der Waals surface area contributed by atoms with E-state index in [0.717, 1.165) is 36.1 Å². The molecule has 0 bridgehead atoms. The third-order valence-electron chi connectivity index (χ3n) is 5.32. The summed E-state index contributed by atoms with van der Waals surface area (Å²) in [4.78, 5) is 37.2. The molecule has 2 N–H and O–H groups in total. The molecule has 1 atom stereocenters. The van der Waals surface area contributed by atoms with Crippen LogP contribution in [0.1, 0.15) is 40.3 Å². The quantitative estimate of drug-likeness (QED) is 0.734. The Balaban J connectivity index is 1.51. The van der Waals surface area contributed by atoms with Gasteiger partial charge >= 0.3 is 0 Å². The number of para-hydroxylation sites is 2. The average molecular weight is 375 g/mol. The molecule has 0 spiro atoms. The Morgan fingerprint density at radius 2 is 2.18 bits per heavy atom. The van der Waals surface area contributed by atoms with Crippen LogP contribution in [0.2, 0.25) is 0 Å². The summed E-state index contributed by atoms with van der Waals surface area (Å²) < 4.78 is 0. The van der Waals surface area contributed by atoms with Gasteiger partial charge in [0.1, 0.15) is 17.5 Å². The number of imidazole rings is 1. The summed E-state index contributed by atoms with van der Waals surface area (Å²) in [5.74, 6) is 1.11. The van der Waals surface area contributed by atoms with E-state index in [1.807, 2.05) is 35.2 Å². The van der Waals surface area contributed by atoms with E-state index in [1.165, 1.54) is 6.07 Å². The van der Waals surface area contributed by atoms with Crippen LogP contribution in [0.4, 0.5) is 0 Å². The lowest BCUT2D eigenvalue weighted by atomic mass is 9.94. The topological polar surface area (TPSA) is 106 Å². The van der Waals surface area contributed by atoms with Crippen LogP contribution in [0, 0.1) is 24.2 Å². The first-order chi connectivity index (χ1) is 13.5. The Hall–Kier alpha value is -3.40. The summed E-state index contributed by atoms with van der Waals surface area (Å²) in [5, 5.41) is 9.09. The zero-order chi connectivity index (χ0) is 19.7. The smallest absolute Gasteiger partial charge is 0.266 e. The number of pyridine rings is 1. The van der Waals surface area contributed by atoms with Crippen LogP contribution in [0.3, 0.4) is 0 Å². The lowest BCUT2D eigenvalue weighted by Crippen LogP contribution is -2.41. The van der Waals surface area contributed by atoms with Crippen molar-refractivity contribution in [3.63, 3.8) is 0 Å². The number of carbonyl (C=O) groups is 1. The molecule has 0 radical (unpaired) electrons. The first-order valence-corrected chi connectivity index (χ1v) is 9.42. The van der Waals surface area contributed by atoms with Gasteiger partial charge in [0.05, 0.1) is 16.6 Å². The van der Waals surface area contributed by atoms with Gasteiger partial charge < -0.3 is 14.9 Å². The number of nitriles is 1. The van der Waals surface area contributed by atoms with E-state index in [1.54, 1.807) is 6.92 Å². The molecule has 142 valence electrons. The number of likely N-dealkylation sites (tertiary alicyclic amines) is 1. The van der Waals surface area contributed by atoms with Crippen molar-refractivity contribution in [2.45, 2.75) is 26.2 Å². The van der Waals surface area contributed by atoms with Crippen molar-refractivity contribution in [2.75, 3.05) is 13.1 Å². The third kappa shape index (κ3) is 3.41. The monoisotopic (exact) mass is 375 g/mol. The zero-order valence-corrected chi connectivity index (χ0v) is 15.7. The number of benzene rings is 1. The number of hydrogen-bond acceptors (Lipinski definition) is 4. The van der Waals surface area contributed by atoms with Gasteiger partial charge in [0.15, 0.2) is 0 Å². The highest BCUT2D eigenvalue weighted by Crippen LogP contribution is 2.23. The Bertz CT molecular complexity index is 1100. The van der Waals surface area contributed by atoms with Crippen molar-refractivity contribution >= 4 is 16.9 Å². The molecular weight excluding hydrogens is 354 g/mol. The molecule has 3 aromatic rings. The SMILES string of the molecule is Cc1[nH]c(=O)c(C#N)cc1C(=O)N1CCC[C@@H](Cc2nc3ccccc3[nH]2)C1. The Labute approximate surface area is 162 Å².